The van der Waals surface area contributed by atoms with Gasteiger partial charge in [0.2, 0.25) is 4.84 Å². The maximum atomic E-state index is 9.44. The Labute approximate surface area is 69.6 Å². The number of halogens is 2. The van der Waals surface area contributed by atoms with E-state index in [0.717, 1.165) is 0 Å². The van der Waals surface area contributed by atoms with Crippen molar-refractivity contribution in [3.63, 3.8) is 0 Å². The van der Waals surface area contributed by atoms with Gasteiger partial charge in [0.25, 0.3) is 0 Å². The first kappa shape index (κ1) is 12.7. The summed E-state index contributed by atoms with van der Waals surface area (Å²) in [6.45, 7) is 3.44. The molecule has 0 spiro atoms. The summed E-state index contributed by atoms with van der Waals surface area (Å²) < 4.78 is 0. The number of aliphatic hydroxyl groups excluding tert-OH is 1. The van der Waals surface area contributed by atoms with Gasteiger partial charge in [0, 0.05) is 6.10 Å². The van der Waals surface area contributed by atoms with E-state index in [9.17, 15) is 4.79 Å². The van der Waals surface area contributed by atoms with Gasteiger partial charge < -0.3 is 10.2 Å². The van der Waals surface area contributed by atoms with Crippen molar-refractivity contribution in [2.24, 2.45) is 0 Å². The lowest BCUT2D eigenvalue weighted by molar-refractivity contribution is -0.135. The average molecular weight is 189 g/mol. The Hall–Kier alpha value is 0.01000. The molecule has 62 valence electrons. The molecule has 0 radical (unpaired) electrons. The largest absolute Gasteiger partial charge is 0.479 e. The zero-order chi connectivity index (χ0) is 8.73. The van der Waals surface area contributed by atoms with Crippen molar-refractivity contribution in [2.75, 3.05) is 0 Å². The van der Waals surface area contributed by atoms with Gasteiger partial charge in [-0.15, -0.1) is 0 Å². The van der Waals surface area contributed by atoms with E-state index in [1.807, 2.05) is 0 Å². The third-order valence-corrected chi connectivity index (χ3v) is 0.560. The summed E-state index contributed by atoms with van der Waals surface area (Å²) >= 11 is 9.56. The van der Waals surface area contributed by atoms with Gasteiger partial charge in [-0.25, -0.2) is 4.79 Å². The molecule has 0 aromatic carbocycles. The number of hydrogen-bond acceptors (Lipinski definition) is 2. The molecule has 0 aromatic heterocycles. The first-order valence-corrected chi connectivity index (χ1v) is 3.44. The number of carbonyl (C=O) groups is 1. The third-order valence-electron chi connectivity index (χ3n) is 0.187. The number of carboxylic acid groups (broad SMARTS) is 1. The first-order valence-electron chi connectivity index (χ1n) is 2.57. The van der Waals surface area contributed by atoms with Crippen LogP contribution in [0.4, 0.5) is 0 Å². The fourth-order valence-electron chi connectivity index (χ4n) is 0. The fraction of sp³-hybridized carbons (Fsp3) is 0.800. The summed E-state index contributed by atoms with van der Waals surface area (Å²) in [5, 5.41) is 15.8. The van der Waals surface area contributed by atoms with E-state index in [1.165, 1.54) is 0 Å². The van der Waals surface area contributed by atoms with Crippen LogP contribution in [0.15, 0.2) is 0 Å². The molecule has 0 amide bonds. The molecular weight excluding hydrogens is 179 g/mol. The molecule has 0 unspecified atom stereocenters. The van der Waals surface area contributed by atoms with Crippen LogP contribution < -0.4 is 0 Å². The van der Waals surface area contributed by atoms with E-state index in [0.29, 0.717) is 0 Å². The van der Waals surface area contributed by atoms with Gasteiger partial charge in [-0.3, -0.25) is 0 Å². The fourth-order valence-corrected chi connectivity index (χ4v) is 0. The highest BCUT2D eigenvalue weighted by Crippen LogP contribution is 1.98. The first-order chi connectivity index (χ1) is 4.37. The highest BCUT2D eigenvalue weighted by molar-refractivity contribution is 6.52. The van der Waals surface area contributed by atoms with Gasteiger partial charge in [-0.1, -0.05) is 23.2 Å². The Kier molecular flexibility index (Phi) is 9.02. The summed E-state index contributed by atoms with van der Waals surface area (Å²) in [6.07, 6.45) is -0.167. The Bertz CT molecular complexity index is 90.1. The van der Waals surface area contributed by atoms with Crippen molar-refractivity contribution in [3.8, 4) is 0 Å². The van der Waals surface area contributed by atoms with Crippen LogP contribution in [0.3, 0.4) is 0 Å². The van der Waals surface area contributed by atoms with Crippen molar-refractivity contribution in [1.82, 2.24) is 0 Å². The van der Waals surface area contributed by atoms with E-state index in [1.54, 1.807) is 13.8 Å². The van der Waals surface area contributed by atoms with Crippen LogP contribution in [0.25, 0.3) is 0 Å². The molecule has 5 heteroatoms. The van der Waals surface area contributed by atoms with Crippen molar-refractivity contribution in [2.45, 2.75) is 24.8 Å². The summed E-state index contributed by atoms with van der Waals surface area (Å²) in [5.41, 5.74) is 0. The zero-order valence-corrected chi connectivity index (χ0v) is 7.23. The SMILES string of the molecule is CC(C)O.O=C(O)C(Cl)Cl. The lowest BCUT2D eigenvalue weighted by Gasteiger charge is -1.84. The Morgan fingerprint density at radius 3 is 1.50 bits per heavy atom. The maximum absolute atomic E-state index is 9.44. The molecule has 2 N–H and O–H groups in total. The summed E-state index contributed by atoms with van der Waals surface area (Å²) in [5.74, 6) is -1.21. The van der Waals surface area contributed by atoms with Gasteiger partial charge in [0.05, 0.1) is 0 Å². The molecule has 0 rings (SSSR count). The molecule has 0 atom stereocenters. The minimum Gasteiger partial charge on any atom is -0.479 e. The molecule has 0 aliphatic heterocycles. The number of aliphatic hydroxyl groups is 1. The monoisotopic (exact) mass is 188 g/mol. The molecule has 0 bridgehead atoms. The van der Waals surface area contributed by atoms with Crippen molar-refractivity contribution in [3.05, 3.63) is 0 Å². The lowest BCUT2D eigenvalue weighted by atomic mass is 10.5. The highest BCUT2D eigenvalue weighted by Gasteiger charge is 2.05. The van der Waals surface area contributed by atoms with Crippen LogP contribution in [-0.2, 0) is 4.79 Å². The second kappa shape index (κ2) is 7.12. The molecule has 0 aliphatic rings. The van der Waals surface area contributed by atoms with Crippen LogP contribution in [0, 0.1) is 0 Å². The van der Waals surface area contributed by atoms with E-state index in [-0.39, 0.29) is 6.10 Å². The molecular formula is C5H10Cl2O3. The molecule has 0 heterocycles. The molecule has 0 saturated carbocycles. The Balaban J connectivity index is 0. The number of hydrogen-bond donors (Lipinski definition) is 2. The van der Waals surface area contributed by atoms with E-state index < -0.39 is 10.8 Å². The Morgan fingerprint density at radius 2 is 1.50 bits per heavy atom. The molecule has 10 heavy (non-hydrogen) atoms. The third kappa shape index (κ3) is 24.5. The van der Waals surface area contributed by atoms with Gasteiger partial charge in [0.1, 0.15) is 0 Å². The molecule has 0 fully saturated rings. The number of aliphatic carboxylic acids is 1. The molecule has 0 aromatic rings. The van der Waals surface area contributed by atoms with Crippen molar-refractivity contribution in [1.29, 1.82) is 0 Å². The van der Waals surface area contributed by atoms with E-state index in [2.05, 4.69) is 0 Å². The predicted octanol–water partition coefficient (Wildman–Crippen LogP) is 1.26. The lowest BCUT2D eigenvalue weighted by Crippen LogP contribution is -2.03. The second-order valence-electron chi connectivity index (χ2n) is 1.73. The normalized spacial score (nSPS) is 9.10. The summed E-state index contributed by atoms with van der Waals surface area (Å²) in [7, 11) is 0. The van der Waals surface area contributed by atoms with Gasteiger partial charge in [0.15, 0.2) is 0 Å². The van der Waals surface area contributed by atoms with Gasteiger partial charge in [-0.2, -0.15) is 0 Å². The van der Waals surface area contributed by atoms with E-state index in [4.69, 9.17) is 33.4 Å². The zero-order valence-electron chi connectivity index (χ0n) is 5.71. The topological polar surface area (TPSA) is 57.5 Å². The van der Waals surface area contributed by atoms with Crippen molar-refractivity contribution >= 4 is 29.2 Å². The second-order valence-corrected chi connectivity index (χ2v) is 2.83. The van der Waals surface area contributed by atoms with Gasteiger partial charge in [-0.05, 0) is 13.8 Å². The minimum atomic E-state index is -1.29. The average Bonchev–Trinajstić information content (AvgIpc) is 1.63. The number of rotatable bonds is 1. The van der Waals surface area contributed by atoms with Crippen LogP contribution in [-0.4, -0.2) is 27.1 Å². The maximum Gasteiger partial charge on any atom is 0.337 e. The van der Waals surface area contributed by atoms with Crippen molar-refractivity contribution < 1.29 is 15.0 Å². The number of alkyl halides is 2. The molecule has 0 saturated heterocycles. The summed E-state index contributed by atoms with van der Waals surface area (Å²) in [6, 6.07) is 0. The molecule has 3 nitrogen and oxygen atoms in total. The summed E-state index contributed by atoms with van der Waals surface area (Å²) in [4.78, 5) is 8.15. The van der Waals surface area contributed by atoms with Crippen LogP contribution in [0.5, 0.6) is 0 Å². The van der Waals surface area contributed by atoms with Crippen LogP contribution in [0.1, 0.15) is 13.8 Å². The van der Waals surface area contributed by atoms with Crippen LogP contribution >= 0.6 is 23.2 Å². The standard InChI is InChI=1S/C3H8O.C2H2Cl2O2/c1-3(2)4;3-1(4)2(5)6/h3-4H,1-2H3;1H,(H,5,6). The quantitative estimate of drug-likeness (QED) is 0.610. The van der Waals surface area contributed by atoms with E-state index >= 15 is 0 Å². The predicted molar refractivity (Wildman–Crippen MR) is 40.5 cm³/mol. The Morgan fingerprint density at radius 1 is 1.40 bits per heavy atom. The molecule has 0 aliphatic carbocycles. The number of carboxylic acids is 1. The van der Waals surface area contributed by atoms with Crippen LogP contribution in [0.2, 0.25) is 0 Å². The highest BCUT2D eigenvalue weighted by atomic mass is 35.5. The smallest absolute Gasteiger partial charge is 0.337 e. The van der Waals surface area contributed by atoms with Gasteiger partial charge >= 0.3 is 5.97 Å². The minimum absolute atomic E-state index is 0.167.